The van der Waals surface area contributed by atoms with Crippen molar-refractivity contribution in [3.05, 3.63) is 76.9 Å². The molecule has 6 N–H and O–H groups in total. The molecule has 4 atom stereocenters. The van der Waals surface area contributed by atoms with Crippen LogP contribution in [0.25, 0.3) is 6.08 Å². The molecular formula is C31H36F3N7O2. The smallest absolute Gasteiger partial charge is 0.217 e. The predicted molar refractivity (Wildman–Crippen MR) is 158 cm³/mol. The maximum Gasteiger partial charge on any atom is 0.217 e. The Kier molecular flexibility index (Phi) is 8.97. The number of benzene rings is 1. The number of hydrogen-bond acceptors (Lipinski definition) is 7. The van der Waals surface area contributed by atoms with Crippen LogP contribution in [0.3, 0.4) is 0 Å². The van der Waals surface area contributed by atoms with Crippen molar-refractivity contribution in [2.75, 3.05) is 18.5 Å². The van der Waals surface area contributed by atoms with E-state index in [1.807, 2.05) is 6.07 Å². The third-order valence-electron chi connectivity index (χ3n) is 8.34. The van der Waals surface area contributed by atoms with Gasteiger partial charge >= 0.3 is 0 Å². The molecule has 12 heteroatoms. The molecule has 0 radical (unpaired) electrons. The molecule has 1 saturated heterocycles. The van der Waals surface area contributed by atoms with Crippen LogP contribution in [0.5, 0.6) is 0 Å². The van der Waals surface area contributed by atoms with Crippen molar-refractivity contribution in [1.29, 1.82) is 5.41 Å². The van der Waals surface area contributed by atoms with Crippen molar-refractivity contribution in [2.24, 2.45) is 11.7 Å². The van der Waals surface area contributed by atoms with E-state index < -0.39 is 28.6 Å². The first-order valence-electron chi connectivity index (χ1n) is 14.4. The number of H-pyrrole nitrogens is 1. The van der Waals surface area contributed by atoms with Crippen molar-refractivity contribution in [1.82, 2.24) is 20.3 Å². The predicted octanol–water partition coefficient (Wildman–Crippen LogP) is 5.23. The number of hydrogen-bond donors (Lipinski definition) is 5. The van der Waals surface area contributed by atoms with Crippen molar-refractivity contribution >= 4 is 29.3 Å². The summed E-state index contributed by atoms with van der Waals surface area (Å²) in [5.41, 5.74) is 5.85. The minimum Gasteiger partial charge on any atom is -0.381 e. The number of rotatable bonds is 8. The van der Waals surface area contributed by atoms with Crippen LogP contribution in [-0.4, -0.2) is 51.9 Å². The van der Waals surface area contributed by atoms with E-state index in [2.05, 4.69) is 32.5 Å². The van der Waals surface area contributed by atoms with E-state index >= 15 is 4.39 Å². The van der Waals surface area contributed by atoms with Crippen LogP contribution in [0.1, 0.15) is 67.8 Å². The molecule has 2 aliphatic rings. The highest BCUT2D eigenvalue weighted by molar-refractivity contribution is 6.09. The van der Waals surface area contributed by atoms with Gasteiger partial charge in [0, 0.05) is 51.3 Å². The fraction of sp³-hybridized carbons (Fsp3) is 0.419. The molecule has 5 rings (SSSR count). The zero-order chi connectivity index (χ0) is 30.7. The average Bonchev–Trinajstić information content (AvgIpc) is 3.41. The number of pyridine rings is 1. The molecule has 43 heavy (non-hydrogen) atoms. The Bertz CT molecular complexity index is 1480. The fourth-order valence-electron chi connectivity index (χ4n) is 6.13. The van der Waals surface area contributed by atoms with Gasteiger partial charge in [-0.2, -0.15) is 0 Å². The summed E-state index contributed by atoms with van der Waals surface area (Å²) in [5, 5.41) is 14.5. The summed E-state index contributed by atoms with van der Waals surface area (Å²) in [6, 6.07) is 3.60. The Balaban J connectivity index is 1.27. The van der Waals surface area contributed by atoms with Gasteiger partial charge in [0.2, 0.25) is 11.9 Å². The maximum absolute atomic E-state index is 15.2. The van der Waals surface area contributed by atoms with Gasteiger partial charge < -0.3 is 31.5 Å². The number of halogens is 3. The second kappa shape index (κ2) is 12.7. The van der Waals surface area contributed by atoms with Gasteiger partial charge in [0.1, 0.15) is 17.3 Å². The van der Waals surface area contributed by atoms with Crippen LogP contribution < -0.4 is 16.4 Å². The standard InChI is InChI=1S/C31H36F3N7O2/c1-17-11-19(12-26(36)29(17)39-18(2)42)22-5-8-37-16-27(22)41-30-38-15-21(40-30)3-4-25(35)28-23(32)13-20(14-24(28)33)31(34)6-9-43-10-7-31/h3-5,8,13-17,19,26,29,35H,6-7,9-12,36H2,1-2H3,(H,39,42)(H2,38,40,41)/b4-3-,35-25?/t17-,19+,26+,29-/m0/s1. The average molecular weight is 596 g/mol. The number of alkyl halides is 1. The van der Waals surface area contributed by atoms with E-state index in [1.165, 1.54) is 25.3 Å². The molecule has 2 aromatic heterocycles. The van der Waals surface area contributed by atoms with E-state index in [-0.39, 0.29) is 61.4 Å². The second-order valence-corrected chi connectivity index (χ2v) is 11.5. The second-order valence-electron chi connectivity index (χ2n) is 11.5. The molecule has 0 bridgehead atoms. The third kappa shape index (κ3) is 6.80. The van der Waals surface area contributed by atoms with Gasteiger partial charge in [-0.15, -0.1) is 0 Å². The van der Waals surface area contributed by atoms with Crippen LogP contribution >= 0.6 is 0 Å². The number of aromatic nitrogens is 3. The van der Waals surface area contributed by atoms with Gasteiger partial charge in [-0.3, -0.25) is 9.78 Å². The van der Waals surface area contributed by atoms with E-state index in [0.717, 1.165) is 29.8 Å². The molecule has 3 aromatic rings. The first kappa shape index (κ1) is 30.4. The van der Waals surface area contributed by atoms with Gasteiger partial charge in [0.25, 0.3) is 0 Å². The van der Waals surface area contributed by atoms with Crippen LogP contribution in [0.2, 0.25) is 0 Å². The first-order chi connectivity index (χ1) is 20.5. The lowest BCUT2D eigenvalue weighted by molar-refractivity contribution is -0.120. The fourth-order valence-corrected chi connectivity index (χ4v) is 6.13. The summed E-state index contributed by atoms with van der Waals surface area (Å²) in [5.74, 6) is -1.35. The molecule has 1 aliphatic carbocycles. The number of anilines is 2. The normalized spacial score (nSPS) is 23.7. The molecule has 1 aliphatic heterocycles. The molecule has 1 amide bonds. The molecule has 0 unspecified atom stereocenters. The molecule has 1 aromatic carbocycles. The lowest BCUT2D eigenvalue weighted by atomic mass is 9.73. The zero-order valence-electron chi connectivity index (χ0n) is 24.1. The minimum absolute atomic E-state index is 0.0195. The summed E-state index contributed by atoms with van der Waals surface area (Å²) in [6.07, 6.45) is 9.25. The number of imidazole rings is 1. The number of aromatic amines is 1. The lowest BCUT2D eigenvalue weighted by Gasteiger charge is -2.39. The van der Waals surface area contributed by atoms with Crippen molar-refractivity contribution in [3.8, 4) is 0 Å². The van der Waals surface area contributed by atoms with Crippen LogP contribution in [0.15, 0.2) is 42.9 Å². The number of nitrogens with two attached hydrogens (primary N) is 1. The van der Waals surface area contributed by atoms with Gasteiger partial charge in [0.15, 0.2) is 0 Å². The number of carbonyl (C=O) groups excluding carboxylic acids is 1. The van der Waals surface area contributed by atoms with Gasteiger partial charge in [-0.1, -0.05) is 6.92 Å². The highest BCUT2D eigenvalue weighted by Crippen LogP contribution is 2.40. The highest BCUT2D eigenvalue weighted by Gasteiger charge is 2.37. The summed E-state index contributed by atoms with van der Waals surface area (Å²) in [7, 11) is 0. The summed E-state index contributed by atoms with van der Waals surface area (Å²) < 4.78 is 50.2. The number of amides is 1. The molecule has 228 valence electrons. The van der Waals surface area contributed by atoms with Crippen molar-refractivity contribution in [3.63, 3.8) is 0 Å². The van der Waals surface area contributed by atoms with Gasteiger partial charge in [0.05, 0.1) is 35.1 Å². The summed E-state index contributed by atoms with van der Waals surface area (Å²) >= 11 is 0. The largest absolute Gasteiger partial charge is 0.381 e. The minimum atomic E-state index is -1.86. The molecule has 2 fully saturated rings. The topological polar surface area (TPSA) is 142 Å². The van der Waals surface area contributed by atoms with E-state index in [1.54, 1.807) is 12.4 Å². The van der Waals surface area contributed by atoms with Crippen LogP contribution in [0, 0.1) is 23.0 Å². The first-order valence-corrected chi connectivity index (χ1v) is 14.4. The Morgan fingerprint density at radius 1 is 1.21 bits per heavy atom. The quantitative estimate of drug-likeness (QED) is 0.226. The number of nitrogens with zero attached hydrogens (tertiary/aromatic N) is 2. The van der Waals surface area contributed by atoms with Gasteiger partial charge in [-0.05, 0) is 66.2 Å². The molecule has 9 nitrogen and oxygen atoms in total. The van der Waals surface area contributed by atoms with Crippen molar-refractivity contribution in [2.45, 2.75) is 63.2 Å². The van der Waals surface area contributed by atoms with E-state index in [9.17, 15) is 13.6 Å². The Labute approximate surface area is 248 Å². The Hall–Kier alpha value is -4.03. The number of allylic oxidation sites excluding steroid dienone is 1. The van der Waals surface area contributed by atoms with Crippen LogP contribution in [0.4, 0.5) is 24.8 Å². The molecular weight excluding hydrogens is 559 g/mol. The van der Waals surface area contributed by atoms with E-state index in [4.69, 9.17) is 15.9 Å². The SMILES string of the molecule is CC(=O)N[C@@H]1[C@H](N)C[C@H](c2ccncc2Nc2ncc(/C=C\C(=N)c3c(F)cc(C4(F)CCOCC4)cc3F)[nH]2)C[C@@H]1C. The Morgan fingerprint density at radius 3 is 2.60 bits per heavy atom. The number of nitrogens with one attached hydrogen (secondary N) is 4. The maximum atomic E-state index is 15.2. The Morgan fingerprint density at radius 2 is 1.93 bits per heavy atom. The lowest BCUT2D eigenvalue weighted by Crippen LogP contribution is -2.54. The summed E-state index contributed by atoms with van der Waals surface area (Å²) in [4.78, 5) is 23.3. The molecule has 1 saturated carbocycles. The summed E-state index contributed by atoms with van der Waals surface area (Å²) in [6.45, 7) is 3.93. The van der Waals surface area contributed by atoms with Gasteiger partial charge in [-0.25, -0.2) is 18.2 Å². The molecule has 0 spiro atoms. The van der Waals surface area contributed by atoms with Crippen molar-refractivity contribution < 1.29 is 22.7 Å². The number of carbonyl (C=O) groups is 1. The van der Waals surface area contributed by atoms with Crippen LogP contribution in [-0.2, 0) is 15.2 Å². The monoisotopic (exact) mass is 595 g/mol. The highest BCUT2D eigenvalue weighted by atomic mass is 19.1. The zero-order valence-corrected chi connectivity index (χ0v) is 24.1. The molecule has 3 heterocycles. The third-order valence-corrected chi connectivity index (χ3v) is 8.34. The van der Waals surface area contributed by atoms with E-state index in [0.29, 0.717) is 18.1 Å². The number of ether oxygens (including phenoxy) is 1.